The molecule has 0 saturated carbocycles. The van der Waals surface area contributed by atoms with E-state index >= 15 is 0 Å². The highest BCUT2D eigenvalue weighted by Gasteiger charge is 3.00. The molecule has 0 aliphatic carbocycles. The smallest absolute Gasteiger partial charge is 0.438 e. The molecule has 0 saturated heterocycles. The lowest BCUT2D eigenvalue weighted by molar-refractivity contribution is -0.469. The zero-order valence-corrected chi connectivity index (χ0v) is 13.0. The van der Waals surface area contributed by atoms with E-state index in [0.29, 0.717) is 0 Å². The Morgan fingerprint density at radius 3 is 0.839 bits per heavy atom. The van der Waals surface area contributed by atoms with Crippen molar-refractivity contribution in [1.82, 2.24) is 0 Å². The lowest BCUT2D eigenvalue weighted by atomic mass is 9.79. The quantitative estimate of drug-likeness (QED) is 0.461. The largest absolute Gasteiger partial charge is 0.477 e. The third-order valence-corrected chi connectivity index (χ3v) is 3.53. The van der Waals surface area contributed by atoms with Gasteiger partial charge in [0.1, 0.15) is 0 Å². The summed E-state index contributed by atoms with van der Waals surface area (Å²) in [5.74, 6) is -40.3. The van der Waals surface area contributed by atoms with Gasteiger partial charge in [0.15, 0.2) is 0 Å². The molecule has 1 N–H and O–H groups in total. The Bertz CT molecular complexity index is 682. The lowest BCUT2D eigenvalue weighted by Gasteiger charge is -2.46. The van der Waals surface area contributed by atoms with Crippen LogP contribution in [-0.4, -0.2) is 64.6 Å². The number of alkyl halides is 19. The van der Waals surface area contributed by atoms with Crippen LogP contribution in [0.15, 0.2) is 0 Å². The van der Waals surface area contributed by atoms with Crippen LogP contribution in [0, 0.1) is 0 Å². The van der Waals surface area contributed by atoms with Crippen molar-refractivity contribution >= 4 is 5.97 Å². The van der Waals surface area contributed by atoms with Gasteiger partial charge in [0.2, 0.25) is 0 Å². The second kappa shape index (κ2) is 6.82. The van der Waals surface area contributed by atoms with Gasteiger partial charge in [-0.2, -0.15) is 74.6 Å². The maximum Gasteiger partial charge on any atom is 0.438 e. The molecule has 0 amide bonds. The van der Waals surface area contributed by atoms with Gasteiger partial charge in [-0.1, -0.05) is 0 Å². The molecule has 0 fully saturated rings. The molecule has 0 heterocycles. The molecule has 0 unspecified atom stereocenters. The van der Waals surface area contributed by atoms with Crippen molar-refractivity contribution in [1.29, 1.82) is 0 Å². The predicted molar refractivity (Wildman–Crippen MR) is 53.3 cm³/mol. The first-order valence-corrected chi connectivity index (χ1v) is 6.27. The highest BCUT2D eigenvalue weighted by atomic mass is 19.4. The van der Waals surface area contributed by atoms with Gasteiger partial charge in [0.05, 0.1) is 0 Å². The third kappa shape index (κ3) is 3.32. The molecule has 31 heavy (non-hydrogen) atoms. The Hall–Kier alpha value is -1.86. The molecule has 0 aromatic heterocycles. The van der Waals surface area contributed by atoms with Crippen molar-refractivity contribution in [2.45, 2.75) is 53.6 Å². The average molecular weight is 514 g/mol. The summed E-state index contributed by atoms with van der Waals surface area (Å²) >= 11 is 0. The van der Waals surface area contributed by atoms with Gasteiger partial charge in [0, 0.05) is 0 Å². The minimum Gasteiger partial charge on any atom is -0.477 e. The first-order chi connectivity index (χ1) is 12.9. The number of carbonyl (C=O) groups is 1. The van der Waals surface area contributed by atoms with Crippen LogP contribution in [0.1, 0.15) is 0 Å². The number of rotatable bonds is 6. The monoisotopic (exact) mass is 514 g/mol. The molecule has 0 radical (unpaired) electrons. The van der Waals surface area contributed by atoms with E-state index in [9.17, 15) is 88.2 Å². The molecular weight excluding hydrogens is 513 g/mol. The molecule has 186 valence electrons. The van der Waals surface area contributed by atoms with Crippen LogP contribution in [0.25, 0.3) is 0 Å². The van der Waals surface area contributed by atoms with E-state index in [1.54, 1.807) is 0 Å². The maximum absolute atomic E-state index is 13.6. The molecule has 0 aromatic carbocycles. The van der Waals surface area contributed by atoms with E-state index in [2.05, 4.69) is 0 Å². The zero-order chi connectivity index (χ0) is 26.1. The number of aliphatic carboxylic acids is 1. The summed E-state index contributed by atoms with van der Waals surface area (Å²) in [5.41, 5.74) is -17.7. The standard InChI is InChI=1S/C10HF19O2/c11-2(12,1(30)31)3(13,8(21,22)23)5(15,16)7(19,20)6(17,18)4(14,9(24,25)26)10(27,28)29/h(H,30,31)/t3-/m1/s1. The van der Waals surface area contributed by atoms with Crippen molar-refractivity contribution in [3.8, 4) is 0 Å². The maximum atomic E-state index is 13.6. The van der Waals surface area contributed by atoms with Gasteiger partial charge in [0.25, 0.3) is 0 Å². The average Bonchev–Trinajstić information content (AvgIpc) is 2.48. The Morgan fingerprint density at radius 2 is 0.645 bits per heavy atom. The lowest BCUT2D eigenvalue weighted by Crippen LogP contribution is -2.80. The van der Waals surface area contributed by atoms with E-state index < -0.39 is 59.5 Å². The van der Waals surface area contributed by atoms with Gasteiger partial charge in [-0.05, 0) is 0 Å². The minimum atomic E-state index is -9.25. The number of hydrogen-bond acceptors (Lipinski definition) is 1. The summed E-state index contributed by atoms with van der Waals surface area (Å²) < 4.78 is 243. The third-order valence-electron chi connectivity index (χ3n) is 3.53. The summed E-state index contributed by atoms with van der Waals surface area (Å²) in [6.45, 7) is 0. The molecule has 0 aromatic rings. The SMILES string of the molecule is O=C(O)C(F)(F)[C@](F)(C(F)(F)F)C(F)(F)C(F)(F)C(F)(F)C(F)(C(F)(F)F)C(F)(F)F. The van der Waals surface area contributed by atoms with Crippen LogP contribution >= 0.6 is 0 Å². The van der Waals surface area contributed by atoms with Crippen LogP contribution in [0.5, 0.6) is 0 Å². The van der Waals surface area contributed by atoms with Crippen LogP contribution in [0.2, 0.25) is 0 Å². The number of halogens is 19. The Morgan fingerprint density at radius 1 is 0.419 bits per heavy atom. The molecule has 21 heteroatoms. The number of carboxylic acid groups (broad SMARTS) is 1. The zero-order valence-electron chi connectivity index (χ0n) is 13.0. The second-order valence-electron chi connectivity index (χ2n) is 5.41. The van der Waals surface area contributed by atoms with Gasteiger partial charge in [-0.3, -0.25) is 0 Å². The molecule has 0 aliphatic rings. The van der Waals surface area contributed by atoms with E-state index in [1.807, 2.05) is 0 Å². The van der Waals surface area contributed by atoms with Gasteiger partial charge < -0.3 is 5.11 Å². The van der Waals surface area contributed by atoms with Crippen molar-refractivity contribution in [3.05, 3.63) is 0 Å². The first kappa shape index (κ1) is 29.1. The molecule has 0 aliphatic heterocycles. The van der Waals surface area contributed by atoms with E-state index in [4.69, 9.17) is 5.11 Å². The highest BCUT2D eigenvalue weighted by molar-refractivity contribution is 5.78. The second-order valence-corrected chi connectivity index (χ2v) is 5.41. The summed E-state index contributed by atoms with van der Waals surface area (Å²) in [6.07, 6.45) is -25.2. The fraction of sp³-hybridized carbons (Fsp3) is 0.900. The van der Waals surface area contributed by atoms with Gasteiger partial charge in [-0.25, -0.2) is 13.6 Å². The number of hydrogen-bond donors (Lipinski definition) is 1. The van der Waals surface area contributed by atoms with Crippen molar-refractivity contribution in [3.63, 3.8) is 0 Å². The number of carboxylic acids is 1. The van der Waals surface area contributed by atoms with Crippen LogP contribution in [0.4, 0.5) is 83.4 Å². The van der Waals surface area contributed by atoms with Crippen molar-refractivity contribution in [2.75, 3.05) is 0 Å². The predicted octanol–water partition coefficient (Wildman–Crippen LogP) is 5.72. The molecule has 0 bridgehead atoms. The van der Waals surface area contributed by atoms with Crippen LogP contribution in [-0.2, 0) is 4.79 Å². The highest BCUT2D eigenvalue weighted by Crippen LogP contribution is 2.67. The molecule has 1 atom stereocenters. The summed E-state index contributed by atoms with van der Waals surface area (Å²) in [4.78, 5) is 9.96. The molecule has 0 spiro atoms. The van der Waals surface area contributed by atoms with Crippen LogP contribution in [0.3, 0.4) is 0 Å². The normalized spacial score (nSPS) is 18.0. The van der Waals surface area contributed by atoms with E-state index in [0.717, 1.165) is 0 Å². The molecule has 0 rings (SSSR count). The van der Waals surface area contributed by atoms with E-state index in [-0.39, 0.29) is 0 Å². The van der Waals surface area contributed by atoms with E-state index in [1.165, 1.54) is 0 Å². The molecular formula is C10HF19O2. The van der Waals surface area contributed by atoms with Gasteiger partial charge in [-0.15, -0.1) is 0 Å². The minimum absolute atomic E-state index is 4.75. The van der Waals surface area contributed by atoms with Crippen molar-refractivity contribution in [2.24, 2.45) is 0 Å². The molecule has 2 nitrogen and oxygen atoms in total. The summed E-state index contributed by atoms with van der Waals surface area (Å²) in [7, 11) is 0. The van der Waals surface area contributed by atoms with Crippen molar-refractivity contribution < 1.29 is 93.3 Å². The summed E-state index contributed by atoms with van der Waals surface area (Å²) in [5, 5.41) is 7.70. The Balaban J connectivity index is 7.48. The Kier molecular flexibility index (Phi) is 6.41. The Labute approximate surface area is 154 Å². The first-order valence-electron chi connectivity index (χ1n) is 6.27. The van der Waals surface area contributed by atoms with Crippen LogP contribution < -0.4 is 0 Å². The topological polar surface area (TPSA) is 37.3 Å². The summed E-state index contributed by atoms with van der Waals surface area (Å²) in [6, 6.07) is 0. The fourth-order valence-electron chi connectivity index (χ4n) is 1.85. The fourth-order valence-corrected chi connectivity index (χ4v) is 1.85. The van der Waals surface area contributed by atoms with Gasteiger partial charge >= 0.3 is 59.5 Å².